The molecule has 17 nitrogen and oxygen atoms in total. The van der Waals surface area contributed by atoms with Gasteiger partial charge in [-0.15, -0.1) is 6.42 Å². The Kier molecular flexibility index (Phi) is 12.2. The Morgan fingerprint density at radius 1 is 1.06 bits per heavy atom. The van der Waals surface area contributed by atoms with Crippen molar-refractivity contribution in [2.24, 2.45) is 5.41 Å². The lowest BCUT2D eigenvalue weighted by molar-refractivity contribution is 0.104. The summed E-state index contributed by atoms with van der Waals surface area (Å²) in [6, 6.07) is -0.0959. The van der Waals surface area contributed by atoms with Crippen molar-refractivity contribution >= 4 is 46.2 Å². The van der Waals surface area contributed by atoms with Gasteiger partial charge in [0.05, 0.1) is 17.8 Å². The first kappa shape index (κ1) is 33.6. The first-order valence-corrected chi connectivity index (χ1v) is 13.6. The van der Waals surface area contributed by atoms with E-state index in [9.17, 15) is 9.50 Å². The number of rotatable bonds is 1. The van der Waals surface area contributed by atoms with Crippen LogP contribution in [0, 0.1) is 23.8 Å². The molecule has 0 amide bonds. The van der Waals surface area contributed by atoms with Crippen molar-refractivity contribution in [3.8, 4) is 12.3 Å². The maximum Gasteiger partial charge on any atom is 0.466 e. The third-order valence-electron chi connectivity index (χ3n) is 3.97. The summed E-state index contributed by atoms with van der Waals surface area (Å²) < 4.78 is 41.7. The molecule has 1 aliphatic carbocycles. The molecule has 0 bridgehead atoms. The van der Waals surface area contributed by atoms with E-state index in [2.05, 4.69) is 20.9 Å². The van der Waals surface area contributed by atoms with Gasteiger partial charge in [-0.05, 0) is 19.8 Å². The minimum atomic E-state index is -4.64. The van der Waals surface area contributed by atoms with Crippen LogP contribution in [0.3, 0.4) is 0 Å². The van der Waals surface area contributed by atoms with Gasteiger partial charge in [-0.3, -0.25) is 0 Å². The fourth-order valence-electron chi connectivity index (χ4n) is 2.72. The van der Waals surface area contributed by atoms with Gasteiger partial charge in [-0.1, -0.05) is 17.5 Å². The van der Waals surface area contributed by atoms with Crippen molar-refractivity contribution in [2.45, 2.75) is 31.9 Å². The number of terminal acetylenes is 1. The number of aromatic nitrogens is 4. The van der Waals surface area contributed by atoms with Gasteiger partial charge in [0.25, 0.3) is 0 Å². The monoisotopic (exact) mass is 588 g/mol. The van der Waals surface area contributed by atoms with Gasteiger partial charge in [0.2, 0.25) is 0 Å². The first-order valence-electron chi connectivity index (χ1n) is 8.51. The predicted molar refractivity (Wildman–Crippen MR) is 114 cm³/mol. The summed E-state index contributed by atoms with van der Waals surface area (Å²) in [7, 11) is -13.9. The Morgan fingerprint density at radius 3 is 1.86 bits per heavy atom. The van der Waals surface area contributed by atoms with E-state index in [1.54, 1.807) is 4.57 Å². The van der Waals surface area contributed by atoms with Crippen LogP contribution in [-0.4, -0.2) is 74.8 Å². The van der Waals surface area contributed by atoms with E-state index in [0.29, 0.717) is 24.0 Å². The van der Waals surface area contributed by atoms with Crippen LogP contribution in [0.4, 0.5) is 4.39 Å². The standard InChI is InChI=1S/C13H12ClFN4O.3H3O4P/c1-3-13(2)5-7(4-8(13)20)19-6-16-9-10(14)17-12(15)18-11(9)19;3*1-5(2,3)4/h1,6-8,20H,4-5H2,2H3;3*(H3,1,2,3,4)/t7-,8-,13+;;;/m1.../s1. The summed E-state index contributed by atoms with van der Waals surface area (Å²) in [5, 5.41) is 10.1. The molecule has 2 heterocycles. The van der Waals surface area contributed by atoms with Gasteiger partial charge < -0.3 is 53.7 Å². The van der Waals surface area contributed by atoms with Crippen LogP contribution < -0.4 is 0 Å². The molecule has 200 valence electrons. The van der Waals surface area contributed by atoms with Crippen LogP contribution in [0.2, 0.25) is 5.15 Å². The second-order valence-electron chi connectivity index (χ2n) is 6.82. The summed E-state index contributed by atoms with van der Waals surface area (Å²) >= 11 is 5.85. The molecule has 0 aromatic carbocycles. The lowest BCUT2D eigenvalue weighted by atomic mass is 9.88. The topological polar surface area (TPSA) is 297 Å². The fourth-order valence-corrected chi connectivity index (χ4v) is 2.92. The van der Waals surface area contributed by atoms with E-state index in [1.807, 2.05) is 6.92 Å². The van der Waals surface area contributed by atoms with E-state index in [-0.39, 0.29) is 11.2 Å². The summed E-state index contributed by atoms with van der Waals surface area (Å²) in [6.07, 6.45) is 6.55. The molecule has 10 N–H and O–H groups in total. The summed E-state index contributed by atoms with van der Waals surface area (Å²) in [4.78, 5) is 76.0. The van der Waals surface area contributed by atoms with Crippen LogP contribution in [0.15, 0.2) is 6.33 Å². The molecule has 2 aromatic heterocycles. The van der Waals surface area contributed by atoms with Crippen molar-refractivity contribution in [2.75, 3.05) is 0 Å². The number of aliphatic hydroxyl groups excluding tert-OH is 1. The van der Waals surface area contributed by atoms with Crippen molar-refractivity contribution in [3.63, 3.8) is 0 Å². The Labute approximate surface area is 200 Å². The fraction of sp³-hybridized carbons (Fsp3) is 0.462. The number of aliphatic hydroxyl groups is 1. The maximum absolute atomic E-state index is 13.3. The highest BCUT2D eigenvalue weighted by atomic mass is 35.5. The average molecular weight is 589 g/mol. The zero-order valence-corrected chi connectivity index (χ0v) is 20.7. The Hall–Kier alpha value is -1.38. The lowest BCUT2D eigenvalue weighted by Gasteiger charge is -2.20. The molecule has 22 heteroatoms. The molecule has 2 aromatic rings. The molecule has 0 radical (unpaired) electrons. The van der Waals surface area contributed by atoms with Gasteiger partial charge in [-0.25, -0.2) is 18.7 Å². The number of halogens is 2. The zero-order valence-electron chi connectivity index (χ0n) is 17.3. The van der Waals surface area contributed by atoms with Crippen LogP contribution in [0.25, 0.3) is 11.2 Å². The molecule has 0 spiro atoms. The number of hydrogen-bond donors (Lipinski definition) is 10. The zero-order chi connectivity index (χ0) is 28.0. The molecular weight excluding hydrogens is 568 g/mol. The molecular formula is C13H21ClFN4O13P3. The Bertz CT molecular complexity index is 1120. The highest BCUT2D eigenvalue weighted by Crippen LogP contribution is 2.44. The first-order chi connectivity index (χ1) is 15.4. The van der Waals surface area contributed by atoms with Crippen LogP contribution in [0.1, 0.15) is 25.8 Å². The minimum absolute atomic E-state index is 0.0236. The highest BCUT2D eigenvalue weighted by Gasteiger charge is 2.43. The Balaban J connectivity index is 0.000000635. The number of nitrogens with zero attached hydrogens (tertiary/aromatic N) is 4. The predicted octanol–water partition coefficient (Wildman–Crippen LogP) is -0.832. The molecule has 0 saturated heterocycles. The second-order valence-corrected chi connectivity index (χ2v) is 10.3. The van der Waals surface area contributed by atoms with Gasteiger partial charge in [0, 0.05) is 6.04 Å². The van der Waals surface area contributed by atoms with Crippen molar-refractivity contribution in [3.05, 3.63) is 17.6 Å². The van der Waals surface area contributed by atoms with Crippen LogP contribution in [-0.2, 0) is 13.7 Å². The normalized spacial score (nSPS) is 22.1. The van der Waals surface area contributed by atoms with Crippen molar-refractivity contribution in [1.29, 1.82) is 0 Å². The molecule has 0 unspecified atom stereocenters. The maximum atomic E-state index is 13.3. The average Bonchev–Trinajstić information content (AvgIpc) is 3.12. The van der Waals surface area contributed by atoms with Crippen LogP contribution in [0.5, 0.6) is 0 Å². The number of phosphoric acid groups is 3. The molecule has 1 fully saturated rings. The van der Waals surface area contributed by atoms with Gasteiger partial charge in [0.1, 0.15) is 5.52 Å². The summed E-state index contributed by atoms with van der Waals surface area (Å²) in [5.74, 6) is 2.64. The van der Waals surface area contributed by atoms with Gasteiger partial charge in [0.15, 0.2) is 10.8 Å². The number of fused-ring (bicyclic) bond motifs is 1. The largest absolute Gasteiger partial charge is 0.466 e. The number of hydrogen-bond acceptors (Lipinski definition) is 7. The van der Waals surface area contributed by atoms with E-state index in [1.165, 1.54) is 6.33 Å². The molecule has 1 saturated carbocycles. The molecule has 3 atom stereocenters. The molecule has 1 aliphatic rings. The van der Waals surface area contributed by atoms with Gasteiger partial charge in [-0.2, -0.15) is 14.4 Å². The van der Waals surface area contributed by atoms with E-state index in [0.717, 1.165) is 0 Å². The molecule has 3 rings (SSSR count). The van der Waals surface area contributed by atoms with Crippen molar-refractivity contribution < 1.29 is 67.2 Å². The molecule has 35 heavy (non-hydrogen) atoms. The van der Waals surface area contributed by atoms with E-state index < -0.39 is 41.1 Å². The highest BCUT2D eigenvalue weighted by molar-refractivity contribution is 7.45. The third kappa shape index (κ3) is 14.7. The minimum Gasteiger partial charge on any atom is -0.391 e. The third-order valence-corrected chi connectivity index (χ3v) is 4.23. The lowest BCUT2D eigenvalue weighted by Crippen LogP contribution is -2.23. The molecule has 0 aliphatic heterocycles. The van der Waals surface area contributed by atoms with Crippen molar-refractivity contribution in [1.82, 2.24) is 19.5 Å². The summed E-state index contributed by atoms with van der Waals surface area (Å²) in [6.45, 7) is 1.83. The van der Waals surface area contributed by atoms with E-state index >= 15 is 0 Å². The van der Waals surface area contributed by atoms with Gasteiger partial charge >= 0.3 is 29.5 Å². The Morgan fingerprint density at radius 2 is 1.49 bits per heavy atom. The SMILES string of the molecule is C#C[C@@]1(C)C[C@H](n2cnc3c(Cl)nc(F)nc32)C[C@H]1O.O=P(O)(O)O.O=P(O)(O)O.O=P(O)(O)O. The number of imidazole rings is 1. The quantitative estimate of drug-likeness (QED) is 0.0840. The van der Waals surface area contributed by atoms with E-state index in [4.69, 9.17) is 75.8 Å². The van der Waals surface area contributed by atoms with Crippen LogP contribution >= 0.6 is 35.1 Å². The second kappa shape index (κ2) is 12.7. The summed E-state index contributed by atoms with van der Waals surface area (Å²) in [5.41, 5.74) is 0.0641. The smallest absolute Gasteiger partial charge is 0.391 e.